The van der Waals surface area contributed by atoms with Crippen LogP contribution < -0.4 is 15.2 Å². The Hall–Kier alpha value is -3.43. The van der Waals surface area contributed by atoms with Crippen LogP contribution in [0.1, 0.15) is 10.4 Å². The molecule has 0 radical (unpaired) electrons. The largest absolute Gasteiger partial charge is 0.842 e. The first-order valence-electron chi connectivity index (χ1n) is 11.5. The normalized spacial score (nSPS) is 15.2. The molecule has 0 saturated carbocycles. The molecule has 0 unspecified atom stereocenters. The van der Waals surface area contributed by atoms with Crippen LogP contribution in [0.2, 0.25) is 4.47 Å². The summed E-state index contributed by atoms with van der Waals surface area (Å²) < 4.78 is 30.6. The average molecular weight is 577 g/mol. The van der Waals surface area contributed by atoms with E-state index in [-0.39, 0.29) is 42.3 Å². The van der Waals surface area contributed by atoms with Crippen LogP contribution in [-0.2, 0) is 23.1 Å². The molecule has 5 rings (SSSR count). The molecule has 3 aromatic heterocycles. The molecular weight excluding hydrogens is 556 g/mol. The molecule has 0 atom stereocenters. The minimum Gasteiger partial charge on any atom is -0.842 e. The Morgan fingerprint density at radius 1 is 1.11 bits per heavy atom. The molecule has 1 saturated heterocycles. The molecule has 0 bridgehead atoms. The van der Waals surface area contributed by atoms with Gasteiger partial charge in [0.25, 0.3) is 11.3 Å². The van der Waals surface area contributed by atoms with Gasteiger partial charge in [0, 0.05) is 57.1 Å². The maximum absolute atomic E-state index is 13.5. The van der Waals surface area contributed by atoms with Crippen molar-refractivity contribution in [2.45, 2.75) is 18.0 Å². The van der Waals surface area contributed by atoms with Crippen LogP contribution in [0.3, 0.4) is 0 Å². The molecule has 0 aliphatic carbocycles. The van der Waals surface area contributed by atoms with E-state index in [9.17, 15) is 28.4 Å². The molecule has 12 nitrogen and oxygen atoms in total. The lowest BCUT2D eigenvalue weighted by Crippen LogP contribution is -2.50. The van der Waals surface area contributed by atoms with Crippen LogP contribution in [0.15, 0.2) is 64.5 Å². The maximum Gasteiger partial charge on any atom is 0.346 e. The standard InChI is InChI=1S/C23H21ClN6O6S2/c24-23-25-13-17(37-23)14-29-20-3-1-2-8-28(20)21(31)19(22(29)32)15-26-9-11-27(12-10-26)38(35,36)18-6-4-16(5-7-18)30(33)34/h1-8,13H,9-12,14-15H2. The predicted octanol–water partition coefficient (Wildman–Crippen LogP) is 1.23. The highest BCUT2D eigenvalue weighted by molar-refractivity contribution is 7.89. The van der Waals surface area contributed by atoms with E-state index in [2.05, 4.69) is 4.98 Å². The number of hydrogen-bond acceptors (Lipinski definition) is 9. The summed E-state index contributed by atoms with van der Waals surface area (Å²) in [7, 11) is -3.85. The third kappa shape index (κ3) is 5.00. The second kappa shape index (κ2) is 10.4. The molecular formula is C23H21ClN6O6S2. The summed E-state index contributed by atoms with van der Waals surface area (Å²) in [4.78, 5) is 30.1. The number of piperazine rings is 1. The number of nitro groups is 1. The van der Waals surface area contributed by atoms with Gasteiger partial charge in [-0.15, -0.1) is 11.3 Å². The summed E-state index contributed by atoms with van der Waals surface area (Å²) in [5.74, 6) is -0.424. The third-order valence-corrected chi connectivity index (χ3v) is 9.35. The molecule has 198 valence electrons. The molecule has 1 aromatic carbocycles. The minimum atomic E-state index is -3.85. The SMILES string of the molecule is O=c1c(CN2CCN(S(=O)(=O)c3ccc([N+](=O)[O-])cc3)CC2)c([O-])[n+](Cc2cnc(Cl)s2)c2ccccn12. The first kappa shape index (κ1) is 26.2. The van der Waals surface area contributed by atoms with Crippen molar-refractivity contribution in [2.75, 3.05) is 26.2 Å². The topological polar surface area (TPSA) is 145 Å². The second-order valence-corrected chi connectivity index (χ2v) is 12.2. The van der Waals surface area contributed by atoms with E-state index in [0.29, 0.717) is 23.2 Å². The van der Waals surface area contributed by atoms with Crippen molar-refractivity contribution >= 4 is 44.3 Å². The van der Waals surface area contributed by atoms with E-state index in [4.69, 9.17) is 11.6 Å². The highest BCUT2D eigenvalue weighted by Gasteiger charge is 2.30. The number of nitro benzene ring substituents is 1. The van der Waals surface area contributed by atoms with Crippen molar-refractivity contribution in [3.05, 3.63) is 90.2 Å². The molecule has 0 N–H and O–H groups in total. The Morgan fingerprint density at radius 2 is 1.82 bits per heavy atom. The highest BCUT2D eigenvalue weighted by Crippen LogP contribution is 2.22. The lowest BCUT2D eigenvalue weighted by Gasteiger charge is -2.34. The minimum absolute atomic E-state index is 0.0321. The van der Waals surface area contributed by atoms with E-state index in [0.717, 1.165) is 17.0 Å². The van der Waals surface area contributed by atoms with Gasteiger partial charge in [0.1, 0.15) is 6.54 Å². The zero-order valence-corrected chi connectivity index (χ0v) is 22.2. The molecule has 38 heavy (non-hydrogen) atoms. The van der Waals surface area contributed by atoms with E-state index in [1.807, 2.05) is 4.90 Å². The number of non-ortho nitro benzene ring substituents is 1. The molecule has 0 amide bonds. The maximum atomic E-state index is 13.5. The number of nitrogens with zero attached hydrogens (tertiary/aromatic N) is 6. The highest BCUT2D eigenvalue weighted by atomic mass is 35.5. The van der Waals surface area contributed by atoms with Crippen LogP contribution in [-0.4, -0.2) is 58.1 Å². The van der Waals surface area contributed by atoms with E-state index >= 15 is 0 Å². The van der Waals surface area contributed by atoms with E-state index < -0.39 is 26.4 Å². The molecule has 1 aliphatic heterocycles. The van der Waals surface area contributed by atoms with Gasteiger partial charge in [0.05, 0.1) is 32.3 Å². The lowest BCUT2D eigenvalue weighted by molar-refractivity contribution is -0.709. The summed E-state index contributed by atoms with van der Waals surface area (Å²) in [6, 6.07) is 9.89. The Labute approximate surface area is 225 Å². The number of fused-ring (bicyclic) bond motifs is 1. The Morgan fingerprint density at radius 3 is 2.45 bits per heavy atom. The first-order valence-corrected chi connectivity index (χ1v) is 14.1. The number of benzene rings is 1. The van der Waals surface area contributed by atoms with Crippen molar-refractivity contribution in [3.8, 4) is 5.88 Å². The van der Waals surface area contributed by atoms with Crippen molar-refractivity contribution < 1.29 is 23.0 Å². The molecule has 4 heterocycles. The average Bonchev–Trinajstić information content (AvgIpc) is 3.34. The van der Waals surface area contributed by atoms with Gasteiger partial charge in [-0.1, -0.05) is 17.7 Å². The molecule has 15 heteroatoms. The zero-order chi connectivity index (χ0) is 27.0. The van der Waals surface area contributed by atoms with Crippen molar-refractivity contribution in [2.24, 2.45) is 0 Å². The Bertz CT molecular complexity index is 1680. The monoisotopic (exact) mass is 576 g/mol. The fourth-order valence-electron chi connectivity index (χ4n) is 4.37. The van der Waals surface area contributed by atoms with Crippen molar-refractivity contribution in [3.63, 3.8) is 0 Å². The van der Waals surface area contributed by atoms with Crippen LogP contribution in [0.5, 0.6) is 5.88 Å². The predicted molar refractivity (Wildman–Crippen MR) is 137 cm³/mol. The summed E-state index contributed by atoms with van der Waals surface area (Å²) >= 11 is 7.21. The van der Waals surface area contributed by atoms with Crippen LogP contribution >= 0.6 is 22.9 Å². The number of hydrogen-bond donors (Lipinski definition) is 0. The lowest BCUT2D eigenvalue weighted by atomic mass is 10.2. The quantitative estimate of drug-likeness (QED) is 0.181. The van der Waals surface area contributed by atoms with Crippen molar-refractivity contribution in [1.82, 2.24) is 18.6 Å². The third-order valence-electron chi connectivity index (χ3n) is 6.33. The summed E-state index contributed by atoms with van der Waals surface area (Å²) in [5, 5.41) is 24.4. The van der Waals surface area contributed by atoms with E-state index in [1.54, 1.807) is 30.6 Å². The van der Waals surface area contributed by atoms with Crippen LogP contribution in [0.4, 0.5) is 5.69 Å². The van der Waals surface area contributed by atoms with Gasteiger partial charge in [-0.05, 0) is 18.2 Å². The number of rotatable bonds is 7. The van der Waals surface area contributed by atoms with Gasteiger partial charge in [0.2, 0.25) is 10.0 Å². The van der Waals surface area contributed by atoms with Gasteiger partial charge in [-0.25, -0.2) is 22.8 Å². The fraction of sp³-hybridized carbons (Fsp3) is 0.261. The Balaban J connectivity index is 1.37. The molecule has 4 aromatic rings. The van der Waals surface area contributed by atoms with Gasteiger partial charge in [-0.3, -0.25) is 15.0 Å². The second-order valence-electron chi connectivity index (χ2n) is 8.61. The summed E-state index contributed by atoms with van der Waals surface area (Å²) in [6.45, 7) is 1.14. The number of halogens is 1. The summed E-state index contributed by atoms with van der Waals surface area (Å²) in [6.07, 6.45) is 3.19. The van der Waals surface area contributed by atoms with Crippen LogP contribution in [0.25, 0.3) is 5.65 Å². The van der Waals surface area contributed by atoms with E-state index in [1.165, 1.54) is 36.7 Å². The smallest absolute Gasteiger partial charge is 0.346 e. The fourth-order valence-corrected chi connectivity index (χ4v) is 6.76. The first-order chi connectivity index (χ1) is 18.1. The van der Waals surface area contributed by atoms with Gasteiger partial charge >= 0.3 is 5.56 Å². The molecule has 1 aliphatic rings. The van der Waals surface area contributed by atoms with Crippen molar-refractivity contribution in [1.29, 1.82) is 0 Å². The number of aromatic nitrogens is 3. The zero-order valence-electron chi connectivity index (χ0n) is 19.8. The molecule has 0 spiro atoms. The van der Waals surface area contributed by atoms with Gasteiger partial charge < -0.3 is 5.11 Å². The van der Waals surface area contributed by atoms with Gasteiger partial charge in [-0.2, -0.15) is 8.71 Å². The number of thiazole rings is 1. The number of pyridine rings is 1. The molecule has 1 fully saturated rings. The number of sulfonamides is 1. The summed E-state index contributed by atoms with van der Waals surface area (Å²) in [5.41, 5.74) is -0.101. The Kier molecular flexibility index (Phi) is 7.15. The van der Waals surface area contributed by atoms with Crippen LogP contribution in [0, 0.1) is 10.1 Å². The van der Waals surface area contributed by atoms with Gasteiger partial charge in [0.15, 0.2) is 4.47 Å².